The molecule has 0 bridgehead atoms. The summed E-state index contributed by atoms with van der Waals surface area (Å²) < 4.78 is 5.25. The number of methoxy groups -OCH3 is 1. The number of thiazole rings is 1. The summed E-state index contributed by atoms with van der Waals surface area (Å²) in [4.78, 5) is 27.5. The van der Waals surface area contributed by atoms with E-state index in [4.69, 9.17) is 4.74 Å². The van der Waals surface area contributed by atoms with Gasteiger partial charge in [0.25, 0.3) is 0 Å². The maximum Gasteiger partial charge on any atom is 0.234 e. The molecular weight excluding hydrogens is 418 g/mol. The van der Waals surface area contributed by atoms with E-state index in [9.17, 15) is 9.59 Å². The van der Waals surface area contributed by atoms with Gasteiger partial charge in [-0.3, -0.25) is 9.59 Å². The summed E-state index contributed by atoms with van der Waals surface area (Å²) in [6.07, 6.45) is 0.757. The number of hydrogen-bond acceptors (Lipinski definition) is 7. The molecule has 3 aromatic rings. The number of carbonyl (C=O) groups is 2. The van der Waals surface area contributed by atoms with Crippen LogP contribution >= 0.6 is 23.1 Å². The third kappa shape index (κ3) is 7.62. The fourth-order valence-electron chi connectivity index (χ4n) is 2.40. The summed E-state index contributed by atoms with van der Waals surface area (Å²) in [5, 5.41) is 8.48. The number of carbonyl (C=O) groups excluding carboxylic acids is 2. The molecule has 0 spiro atoms. The van der Waals surface area contributed by atoms with Crippen molar-refractivity contribution in [2.75, 3.05) is 32.3 Å². The first-order valence-corrected chi connectivity index (χ1v) is 11.2. The van der Waals surface area contributed by atoms with E-state index in [-0.39, 0.29) is 5.91 Å². The smallest absolute Gasteiger partial charge is 0.234 e. The number of nitrogens with zero attached hydrogens (tertiary/aromatic N) is 1. The number of nitrogens with one attached hydrogen (secondary N) is 2. The summed E-state index contributed by atoms with van der Waals surface area (Å²) in [6, 6.07) is 14.6. The summed E-state index contributed by atoms with van der Waals surface area (Å²) in [7, 11) is 5.39. The van der Waals surface area contributed by atoms with Crippen molar-refractivity contribution < 1.29 is 14.3 Å². The lowest BCUT2D eigenvalue weighted by atomic mass is 10.2. The molecule has 8 heteroatoms. The molecule has 0 aliphatic carbocycles. The number of aldehydes is 1. The Morgan fingerprint density at radius 3 is 2.70 bits per heavy atom. The Hall–Kier alpha value is -2.68. The van der Waals surface area contributed by atoms with E-state index >= 15 is 0 Å². The Balaban J connectivity index is 0.00000101. The topological polar surface area (TPSA) is 80.3 Å². The SMILES string of the molecule is CNC.COc1cccc(-c2nc(CSCC(=O)Nc3cccc(C=O)c3)cs2)c1. The van der Waals surface area contributed by atoms with Crippen molar-refractivity contribution in [3.05, 3.63) is 65.2 Å². The van der Waals surface area contributed by atoms with Gasteiger partial charge >= 0.3 is 0 Å². The zero-order chi connectivity index (χ0) is 21.8. The number of anilines is 1. The molecule has 1 aromatic heterocycles. The second-order valence-electron chi connectivity index (χ2n) is 6.16. The van der Waals surface area contributed by atoms with Gasteiger partial charge in [0.2, 0.25) is 5.91 Å². The van der Waals surface area contributed by atoms with Gasteiger partial charge < -0.3 is 15.4 Å². The first-order valence-electron chi connectivity index (χ1n) is 9.19. The molecule has 6 nitrogen and oxygen atoms in total. The lowest BCUT2D eigenvalue weighted by Gasteiger charge is -2.05. The van der Waals surface area contributed by atoms with Gasteiger partial charge in [0, 0.05) is 27.9 Å². The van der Waals surface area contributed by atoms with Gasteiger partial charge in [0.1, 0.15) is 17.0 Å². The predicted octanol–water partition coefficient (Wildman–Crippen LogP) is 4.34. The highest BCUT2D eigenvalue weighted by atomic mass is 32.2. The van der Waals surface area contributed by atoms with Crippen molar-refractivity contribution in [1.29, 1.82) is 0 Å². The average Bonchev–Trinajstić information content (AvgIpc) is 3.23. The normalized spacial score (nSPS) is 9.97. The number of aromatic nitrogens is 1. The van der Waals surface area contributed by atoms with Crippen LogP contribution in [0, 0.1) is 0 Å². The molecule has 0 aliphatic heterocycles. The van der Waals surface area contributed by atoms with Crippen LogP contribution in [-0.4, -0.2) is 44.1 Å². The highest BCUT2D eigenvalue weighted by Crippen LogP contribution is 2.28. The molecule has 30 heavy (non-hydrogen) atoms. The molecule has 0 saturated heterocycles. The lowest BCUT2D eigenvalue weighted by Crippen LogP contribution is -2.14. The number of benzene rings is 2. The minimum absolute atomic E-state index is 0.105. The molecule has 1 amide bonds. The molecular formula is C22H25N3O3S2. The summed E-state index contributed by atoms with van der Waals surface area (Å²) in [5.74, 6) is 1.67. The van der Waals surface area contributed by atoms with Crippen molar-refractivity contribution in [2.24, 2.45) is 0 Å². The minimum atomic E-state index is -0.105. The van der Waals surface area contributed by atoms with Gasteiger partial charge in [-0.15, -0.1) is 23.1 Å². The molecule has 0 unspecified atom stereocenters. The van der Waals surface area contributed by atoms with Crippen LogP contribution in [-0.2, 0) is 10.5 Å². The van der Waals surface area contributed by atoms with Gasteiger partial charge in [-0.2, -0.15) is 0 Å². The molecule has 0 aliphatic rings. The first-order chi connectivity index (χ1) is 14.6. The van der Waals surface area contributed by atoms with E-state index in [0.717, 1.165) is 28.3 Å². The maximum atomic E-state index is 12.0. The lowest BCUT2D eigenvalue weighted by molar-refractivity contribution is -0.113. The Kier molecular flexibility index (Phi) is 10.1. The summed E-state index contributed by atoms with van der Waals surface area (Å²) in [6.45, 7) is 0. The van der Waals surface area contributed by atoms with E-state index in [1.54, 1.807) is 42.7 Å². The van der Waals surface area contributed by atoms with Gasteiger partial charge in [0.15, 0.2) is 0 Å². The molecule has 0 radical (unpaired) electrons. The number of hydrogen-bond donors (Lipinski definition) is 2. The van der Waals surface area contributed by atoms with Crippen molar-refractivity contribution in [2.45, 2.75) is 5.75 Å². The van der Waals surface area contributed by atoms with Crippen molar-refractivity contribution in [3.8, 4) is 16.3 Å². The third-order valence-electron chi connectivity index (χ3n) is 3.66. The molecule has 3 rings (SSSR count). The predicted molar refractivity (Wildman–Crippen MR) is 126 cm³/mol. The van der Waals surface area contributed by atoms with E-state index in [2.05, 4.69) is 15.6 Å². The molecule has 158 valence electrons. The highest BCUT2D eigenvalue weighted by Gasteiger charge is 2.08. The van der Waals surface area contributed by atoms with Crippen LogP contribution in [0.4, 0.5) is 5.69 Å². The third-order valence-corrected chi connectivity index (χ3v) is 5.56. The summed E-state index contributed by atoms with van der Waals surface area (Å²) in [5.41, 5.74) is 3.12. The van der Waals surface area contributed by atoms with Crippen LogP contribution < -0.4 is 15.4 Å². The fraction of sp³-hybridized carbons (Fsp3) is 0.227. The van der Waals surface area contributed by atoms with E-state index in [0.29, 0.717) is 22.8 Å². The van der Waals surface area contributed by atoms with Crippen LogP contribution in [0.25, 0.3) is 10.6 Å². The highest BCUT2D eigenvalue weighted by molar-refractivity contribution is 7.99. The van der Waals surface area contributed by atoms with Crippen molar-refractivity contribution in [3.63, 3.8) is 0 Å². The summed E-state index contributed by atoms with van der Waals surface area (Å²) >= 11 is 3.07. The number of rotatable bonds is 8. The van der Waals surface area contributed by atoms with Crippen molar-refractivity contribution >= 4 is 41.0 Å². The Labute approximate surface area is 185 Å². The molecule has 0 fully saturated rings. The second kappa shape index (κ2) is 12.8. The van der Waals surface area contributed by atoms with Gasteiger partial charge in [-0.1, -0.05) is 24.3 Å². The van der Waals surface area contributed by atoms with E-state index in [1.807, 2.05) is 43.7 Å². The minimum Gasteiger partial charge on any atom is -0.497 e. The maximum absolute atomic E-state index is 12.0. The molecule has 0 saturated carbocycles. The zero-order valence-electron chi connectivity index (χ0n) is 17.2. The van der Waals surface area contributed by atoms with E-state index < -0.39 is 0 Å². The van der Waals surface area contributed by atoms with Crippen LogP contribution in [0.1, 0.15) is 16.1 Å². The monoisotopic (exact) mass is 443 g/mol. The Morgan fingerprint density at radius 2 is 1.97 bits per heavy atom. The van der Waals surface area contributed by atoms with Gasteiger partial charge in [-0.25, -0.2) is 4.98 Å². The van der Waals surface area contributed by atoms with E-state index in [1.165, 1.54) is 11.8 Å². The Morgan fingerprint density at radius 1 is 1.20 bits per heavy atom. The molecule has 0 atom stereocenters. The zero-order valence-corrected chi connectivity index (χ0v) is 18.8. The largest absolute Gasteiger partial charge is 0.497 e. The number of thioether (sulfide) groups is 1. The number of amides is 1. The van der Waals surface area contributed by atoms with Gasteiger partial charge in [0.05, 0.1) is 18.6 Å². The fourth-order valence-corrected chi connectivity index (χ4v) is 4.04. The molecule has 2 N–H and O–H groups in total. The Bertz CT molecular complexity index is 960. The van der Waals surface area contributed by atoms with Crippen LogP contribution in [0.2, 0.25) is 0 Å². The first kappa shape index (κ1) is 23.6. The van der Waals surface area contributed by atoms with Crippen molar-refractivity contribution in [1.82, 2.24) is 10.3 Å². The van der Waals surface area contributed by atoms with Crippen LogP contribution in [0.15, 0.2) is 53.9 Å². The number of ether oxygens (including phenoxy) is 1. The van der Waals surface area contributed by atoms with Gasteiger partial charge in [-0.05, 0) is 38.4 Å². The quantitative estimate of drug-likeness (QED) is 0.504. The van der Waals surface area contributed by atoms with Crippen LogP contribution in [0.5, 0.6) is 5.75 Å². The second-order valence-corrected chi connectivity index (χ2v) is 8.00. The average molecular weight is 444 g/mol. The molecule has 2 aromatic carbocycles. The standard InChI is InChI=1S/C20H18N2O3S2.C2H7N/c1-25-18-7-3-5-15(9-18)20-22-17(12-27-20)11-26-13-19(24)21-16-6-2-4-14(8-16)10-23;1-3-2/h2-10,12H,11,13H2,1H3,(H,21,24);3H,1-2H3. The van der Waals surface area contributed by atoms with Crippen LogP contribution in [0.3, 0.4) is 0 Å². The molecule has 1 heterocycles.